The summed E-state index contributed by atoms with van der Waals surface area (Å²) in [7, 11) is 1.17. The minimum absolute atomic E-state index is 0.0456. The number of nitrogens with zero attached hydrogens (tertiary/aromatic N) is 7. The van der Waals surface area contributed by atoms with Crippen LogP contribution in [0.15, 0.2) is 40.9 Å². The number of hydrogen-bond donors (Lipinski definition) is 2. The molecule has 65 heavy (non-hydrogen) atoms. The van der Waals surface area contributed by atoms with Gasteiger partial charge in [-0.2, -0.15) is 28.4 Å². The fourth-order valence-electron chi connectivity index (χ4n) is 8.63. The molecule has 6 heterocycles. The number of alkyl halides is 5. The van der Waals surface area contributed by atoms with Crippen molar-refractivity contribution < 1.29 is 49.3 Å². The summed E-state index contributed by atoms with van der Waals surface area (Å²) in [6, 6.07) is 4.48. The fourth-order valence-corrected chi connectivity index (χ4v) is 9.32. The van der Waals surface area contributed by atoms with Crippen LogP contribution >= 0.6 is 11.8 Å². The van der Waals surface area contributed by atoms with Gasteiger partial charge in [0.1, 0.15) is 52.8 Å². The van der Waals surface area contributed by atoms with Crippen molar-refractivity contribution in [2.45, 2.75) is 76.0 Å². The summed E-state index contributed by atoms with van der Waals surface area (Å²) in [6.45, 7) is 15.9. The van der Waals surface area contributed by atoms with Gasteiger partial charge >= 0.3 is 12.2 Å². The fraction of sp³-hybridized carbons (Fsp3) is 0.500. The molecule has 4 aliphatic heterocycles. The highest BCUT2D eigenvalue weighted by molar-refractivity contribution is 8.03. The van der Waals surface area contributed by atoms with Crippen LogP contribution in [0.1, 0.15) is 63.1 Å². The quantitative estimate of drug-likeness (QED) is 0.134. The van der Waals surface area contributed by atoms with Crippen molar-refractivity contribution >= 4 is 34.3 Å². The number of nitrogens with two attached hydrogens (primary N) is 2. The Morgan fingerprint density at radius 3 is 2.38 bits per heavy atom. The third kappa shape index (κ3) is 10.3. The van der Waals surface area contributed by atoms with Gasteiger partial charge in [-0.3, -0.25) is 9.80 Å². The number of halogens is 8. The lowest BCUT2D eigenvalue weighted by molar-refractivity contribution is -0.138. The zero-order valence-electron chi connectivity index (χ0n) is 36.4. The van der Waals surface area contributed by atoms with Crippen molar-refractivity contribution in [1.29, 1.82) is 5.26 Å². The summed E-state index contributed by atoms with van der Waals surface area (Å²) < 4.78 is 132. The van der Waals surface area contributed by atoms with Crippen LogP contribution in [0.4, 0.5) is 46.8 Å². The van der Waals surface area contributed by atoms with E-state index >= 15 is 4.39 Å². The molecule has 2 aromatic carbocycles. The number of rotatable bonds is 7. The van der Waals surface area contributed by atoms with Gasteiger partial charge in [0.25, 0.3) is 5.92 Å². The number of methoxy groups -OCH3 is 1. The number of nitriles is 1. The van der Waals surface area contributed by atoms with Gasteiger partial charge in [-0.05, 0) is 50.6 Å². The highest BCUT2D eigenvalue weighted by atomic mass is 32.2. The second-order valence-corrected chi connectivity index (χ2v) is 16.9. The number of nitrogen functional groups attached to an aromatic ring is 1. The number of anilines is 2. The first-order valence-corrected chi connectivity index (χ1v) is 22.0. The Bertz CT molecular complexity index is 2420. The topological polar surface area (TPSA) is 152 Å². The Kier molecular flexibility index (Phi) is 15.3. The average molecular weight is 938 g/mol. The lowest BCUT2D eigenvalue weighted by Crippen LogP contribution is -2.35. The molecule has 0 bridgehead atoms. The minimum atomic E-state index is -5.26. The van der Waals surface area contributed by atoms with Crippen LogP contribution in [0.5, 0.6) is 11.8 Å². The van der Waals surface area contributed by atoms with Gasteiger partial charge in [0, 0.05) is 55.3 Å². The van der Waals surface area contributed by atoms with E-state index in [1.54, 1.807) is 6.07 Å². The molecule has 352 valence electrons. The van der Waals surface area contributed by atoms with E-state index in [1.807, 2.05) is 13.8 Å². The van der Waals surface area contributed by atoms with Crippen LogP contribution in [0.2, 0.25) is 0 Å². The van der Waals surface area contributed by atoms with Crippen molar-refractivity contribution in [3.05, 3.63) is 70.1 Å². The highest BCUT2D eigenvalue weighted by Gasteiger charge is 2.74. The second kappa shape index (κ2) is 20.1. The van der Waals surface area contributed by atoms with Gasteiger partial charge in [0.15, 0.2) is 5.82 Å². The van der Waals surface area contributed by atoms with Crippen LogP contribution in [0.25, 0.3) is 22.0 Å². The molecule has 2 atom stereocenters. The third-order valence-corrected chi connectivity index (χ3v) is 12.7. The third-order valence-electron chi connectivity index (χ3n) is 11.8. The molecule has 1 saturated carbocycles. The average Bonchev–Trinajstić information content (AvgIpc) is 3.46. The van der Waals surface area contributed by atoms with E-state index in [2.05, 4.69) is 38.3 Å². The summed E-state index contributed by atoms with van der Waals surface area (Å²) in [4.78, 5) is 17.6. The molecule has 3 saturated heterocycles. The summed E-state index contributed by atoms with van der Waals surface area (Å²) >= 11 is 0.501. The molecule has 5 aliphatic rings. The van der Waals surface area contributed by atoms with Crippen LogP contribution in [0, 0.1) is 34.2 Å². The minimum Gasteiger partial charge on any atom is -0.490 e. The maximum absolute atomic E-state index is 16.5. The van der Waals surface area contributed by atoms with Gasteiger partial charge in [0.2, 0.25) is 0 Å². The molecule has 4 fully saturated rings. The molecule has 2 unspecified atom stereocenters. The molecule has 21 heteroatoms. The van der Waals surface area contributed by atoms with E-state index < -0.39 is 84.8 Å². The van der Waals surface area contributed by atoms with Gasteiger partial charge in [-0.1, -0.05) is 39.1 Å². The zero-order valence-corrected chi connectivity index (χ0v) is 37.3. The Morgan fingerprint density at radius 1 is 1.09 bits per heavy atom. The summed E-state index contributed by atoms with van der Waals surface area (Å²) in [6.07, 6.45) is -1.07. The van der Waals surface area contributed by atoms with Gasteiger partial charge < -0.3 is 30.6 Å². The number of fused-ring (bicyclic) bond motifs is 1. The predicted molar refractivity (Wildman–Crippen MR) is 231 cm³/mol. The Labute approximate surface area is 375 Å². The number of aromatic nitrogens is 3. The number of likely N-dealkylation sites (N-methyl/N-ethyl adjacent to an activating group) is 1. The van der Waals surface area contributed by atoms with Crippen molar-refractivity contribution in [1.82, 2.24) is 24.8 Å². The summed E-state index contributed by atoms with van der Waals surface area (Å²) in [5.41, 5.74) is 6.55. The van der Waals surface area contributed by atoms with Gasteiger partial charge in [0.05, 0.1) is 59.4 Å². The van der Waals surface area contributed by atoms with E-state index in [-0.39, 0.29) is 48.3 Å². The maximum atomic E-state index is 16.5. The SMILES string of the molecule is C=C(N)Sc1c(F)ccc(-c2c(C(F)(F)F)c3c4c(nc(OC)nc4c2F)N(Cc2cc(F)cnc2N)CCO3)c1C#N.CC.CCN1CCOCC1.FC1(F)CC12CC1CCCN1C2. The lowest BCUT2D eigenvalue weighted by Gasteiger charge is -2.24. The molecule has 1 spiro atoms. The van der Waals surface area contributed by atoms with Crippen LogP contribution in [-0.4, -0.2) is 103 Å². The van der Waals surface area contributed by atoms with Crippen LogP contribution in [-0.2, 0) is 17.5 Å². The summed E-state index contributed by atoms with van der Waals surface area (Å²) in [5, 5.41) is 9.28. The van der Waals surface area contributed by atoms with Crippen LogP contribution in [0.3, 0.4) is 0 Å². The molecule has 0 radical (unpaired) electrons. The number of thioether (sulfide) groups is 1. The van der Waals surface area contributed by atoms with Crippen LogP contribution < -0.4 is 25.8 Å². The van der Waals surface area contributed by atoms with E-state index in [0.717, 1.165) is 70.1 Å². The Balaban J connectivity index is 0.000000256. The number of pyridine rings is 1. The first kappa shape index (κ1) is 49.3. The van der Waals surface area contributed by atoms with E-state index in [4.69, 9.17) is 25.7 Å². The molecule has 9 rings (SSSR count). The number of morpholine rings is 1. The molecule has 4 aromatic rings. The molecule has 0 amide bonds. The Hall–Kier alpha value is -5.17. The molecule has 4 N–H and O–H groups in total. The Morgan fingerprint density at radius 2 is 1.80 bits per heavy atom. The van der Waals surface area contributed by atoms with Gasteiger partial charge in [-0.15, -0.1) is 0 Å². The van der Waals surface area contributed by atoms with Crippen molar-refractivity contribution in [2.24, 2.45) is 11.1 Å². The number of hydrogen-bond acceptors (Lipinski definition) is 13. The van der Waals surface area contributed by atoms with Crippen molar-refractivity contribution in [3.63, 3.8) is 0 Å². The molecular formula is C44H51F8N9O3S. The molecule has 2 aromatic heterocycles. The van der Waals surface area contributed by atoms with Gasteiger partial charge in [-0.25, -0.2) is 26.9 Å². The first-order chi connectivity index (χ1) is 30.9. The summed E-state index contributed by atoms with van der Waals surface area (Å²) in [5.74, 6) is -6.60. The lowest BCUT2D eigenvalue weighted by atomic mass is 9.92. The second-order valence-electron chi connectivity index (χ2n) is 15.8. The predicted octanol–water partition coefficient (Wildman–Crippen LogP) is 8.76. The van der Waals surface area contributed by atoms with E-state index in [9.17, 15) is 36.0 Å². The molecule has 12 nitrogen and oxygen atoms in total. The molecular weight excluding hydrogens is 887 g/mol. The van der Waals surface area contributed by atoms with E-state index in [0.29, 0.717) is 24.3 Å². The standard InChI is InChI=1S/C27H19F6N7O2S.C9H13F2N.C6H13NO.C2H6/c1-11(35)43-23-15(8-34)14(3-4-16(23)29)17-19(27(31,32)33)22-18-21(20(17)30)38-26(41-2)39-25(18)40(5-6-42-22)10-12-7-13(28)9-37-24(12)36;10-9(11)5-8(9)4-7-2-1-3-12(7)6-8;1-2-7-3-5-8-6-4-7;1-2/h3-4,7,9H,1,5-6,10,35H2,2H3,(H2,36,37);7H,1-6H2;2-6H2,1H3;1-2H3. The molecule has 1 aliphatic carbocycles. The normalized spacial score (nSPS) is 20.8. The van der Waals surface area contributed by atoms with Crippen molar-refractivity contribution in [3.8, 4) is 29.0 Å². The first-order valence-electron chi connectivity index (χ1n) is 21.1. The highest BCUT2D eigenvalue weighted by Crippen LogP contribution is 2.67. The van der Waals surface area contributed by atoms with E-state index in [1.165, 1.54) is 25.0 Å². The maximum Gasteiger partial charge on any atom is 0.420 e. The largest absolute Gasteiger partial charge is 0.490 e. The number of ether oxygens (including phenoxy) is 3. The van der Waals surface area contributed by atoms with Crippen molar-refractivity contribution in [2.75, 3.05) is 76.8 Å². The monoisotopic (exact) mass is 937 g/mol. The zero-order chi connectivity index (χ0) is 47.4. The smallest absolute Gasteiger partial charge is 0.420 e. The number of benzene rings is 2.